The predicted octanol–water partition coefficient (Wildman–Crippen LogP) is 1.96. The van der Waals surface area contributed by atoms with Gasteiger partial charge in [0.1, 0.15) is 0 Å². The van der Waals surface area contributed by atoms with Gasteiger partial charge in [-0.1, -0.05) is 13.2 Å². The number of ether oxygens (including phenoxy) is 2. The number of hydrogen-bond donors (Lipinski definition) is 2. The lowest BCUT2D eigenvalue weighted by Crippen LogP contribution is -2.03. The van der Waals surface area contributed by atoms with E-state index in [-0.39, 0.29) is 11.9 Å². The van der Waals surface area contributed by atoms with Gasteiger partial charge < -0.3 is 19.7 Å². The highest BCUT2D eigenvalue weighted by atomic mass is 16.5. The maximum Gasteiger partial charge on any atom is 0.333 e. The topological polar surface area (TPSA) is 127 Å². The van der Waals surface area contributed by atoms with Crippen LogP contribution in [0, 0.1) is 0 Å². The van der Waals surface area contributed by atoms with Gasteiger partial charge in [0.05, 0.1) is 13.2 Å². The fraction of sp³-hybridized carbons (Fsp3) is 0.375. The van der Waals surface area contributed by atoms with Crippen LogP contribution in [0.3, 0.4) is 0 Å². The average molecular weight is 344 g/mol. The van der Waals surface area contributed by atoms with Crippen molar-refractivity contribution in [1.29, 1.82) is 0 Å². The summed E-state index contributed by atoms with van der Waals surface area (Å²) >= 11 is 0. The minimum absolute atomic E-state index is 0.312. The molecule has 0 atom stereocenters. The Morgan fingerprint density at radius 2 is 1.04 bits per heavy atom. The van der Waals surface area contributed by atoms with Gasteiger partial charge in [-0.15, -0.1) is 0 Å². The van der Waals surface area contributed by atoms with Crippen molar-refractivity contribution in [2.45, 2.75) is 27.7 Å². The van der Waals surface area contributed by atoms with Gasteiger partial charge in [-0.05, 0) is 27.7 Å². The molecule has 0 aliphatic heterocycles. The second-order valence-corrected chi connectivity index (χ2v) is 4.01. The maximum atomic E-state index is 10.4. The second-order valence-electron chi connectivity index (χ2n) is 4.01. The molecule has 0 radical (unpaired) electrons. The van der Waals surface area contributed by atoms with Crippen LogP contribution in [-0.2, 0) is 28.7 Å². The molecule has 0 spiro atoms. The summed E-state index contributed by atoms with van der Waals surface area (Å²) in [6, 6.07) is 0. The van der Waals surface area contributed by atoms with Crippen molar-refractivity contribution in [2.75, 3.05) is 13.2 Å². The molecule has 0 aromatic heterocycles. The summed E-state index contributed by atoms with van der Waals surface area (Å²) in [5, 5.41) is 15.6. The first-order chi connectivity index (χ1) is 11.0. The normalized spacial score (nSPS) is 8.67. The largest absolute Gasteiger partial charge is 0.478 e. The number of rotatable bonds is 6. The smallest absolute Gasteiger partial charge is 0.333 e. The van der Waals surface area contributed by atoms with E-state index in [2.05, 4.69) is 22.6 Å². The molecular weight excluding hydrogens is 320 g/mol. The molecule has 0 aromatic carbocycles. The molecule has 0 amide bonds. The van der Waals surface area contributed by atoms with E-state index in [4.69, 9.17) is 10.2 Å². The van der Waals surface area contributed by atoms with Crippen LogP contribution >= 0.6 is 0 Å². The first-order valence-corrected chi connectivity index (χ1v) is 6.78. The minimum Gasteiger partial charge on any atom is -0.478 e. The van der Waals surface area contributed by atoms with Crippen LogP contribution in [0.5, 0.6) is 0 Å². The third-order valence-electron chi connectivity index (χ3n) is 1.62. The molecule has 8 heteroatoms. The second kappa shape index (κ2) is 16.5. The highest BCUT2D eigenvalue weighted by molar-refractivity contribution is 5.89. The molecule has 0 aliphatic rings. The first kappa shape index (κ1) is 26.0. The molecule has 0 aliphatic carbocycles. The zero-order chi connectivity index (χ0) is 19.7. The third kappa shape index (κ3) is 24.1. The van der Waals surface area contributed by atoms with Crippen molar-refractivity contribution in [3.05, 3.63) is 36.5 Å². The summed E-state index contributed by atoms with van der Waals surface area (Å²) in [4.78, 5) is 39.9. The van der Waals surface area contributed by atoms with Gasteiger partial charge >= 0.3 is 23.9 Å². The first-order valence-electron chi connectivity index (χ1n) is 6.78. The van der Waals surface area contributed by atoms with Crippen molar-refractivity contribution in [2.24, 2.45) is 0 Å². The Hall–Kier alpha value is -2.90. The van der Waals surface area contributed by atoms with E-state index in [1.54, 1.807) is 27.7 Å². The van der Waals surface area contributed by atoms with Gasteiger partial charge in [-0.3, -0.25) is 0 Å². The zero-order valence-corrected chi connectivity index (χ0v) is 14.3. The molecule has 0 fully saturated rings. The van der Waals surface area contributed by atoms with Crippen LogP contribution in [-0.4, -0.2) is 47.3 Å². The average Bonchev–Trinajstić information content (AvgIpc) is 2.46. The van der Waals surface area contributed by atoms with Crippen LogP contribution in [0.15, 0.2) is 36.5 Å². The molecule has 0 unspecified atom stereocenters. The molecule has 0 saturated carbocycles. The number of carboxylic acids is 2. The van der Waals surface area contributed by atoms with E-state index in [0.717, 1.165) is 0 Å². The Bertz CT molecular complexity index is 444. The summed E-state index contributed by atoms with van der Waals surface area (Å²) < 4.78 is 9.13. The van der Waals surface area contributed by atoms with Gasteiger partial charge in [-0.2, -0.15) is 0 Å². The summed E-state index contributed by atoms with van der Waals surface area (Å²) in [6.45, 7) is 14.4. The Morgan fingerprint density at radius 1 is 0.792 bits per heavy atom. The van der Waals surface area contributed by atoms with E-state index in [9.17, 15) is 19.2 Å². The monoisotopic (exact) mass is 344 g/mol. The van der Waals surface area contributed by atoms with Crippen molar-refractivity contribution in [3.8, 4) is 0 Å². The van der Waals surface area contributed by atoms with Crippen LogP contribution in [0.25, 0.3) is 0 Å². The van der Waals surface area contributed by atoms with E-state index in [1.165, 1.54) is 0 Å². The van der Waals surface area contributed by atoms with Gasteiger partial charge in [0, 0.05) is 23.3 Å². The highest BCUT2D eigenvalue weighted by Gasteiger charge is 1.98. The lowest BCUT2D eigenvalue weighted by molar-refractivity contribution is -0.139. The number of carbonyl (C=O) groups is 4. The number of aliphatic carboxylic acids is 2. The number of hydrogen-bond acceptors (Lipinski definition) is 6. The molecule has 24 heavy (non-hydrogen) atoms. The molecule has 0 rings (SSSR count). The van der Waals surface area contributed by atoms with Crippen molar-refractivity contribution in [1.82, 2.24) is 0 Å². The Labute approximate surface area is 141 Å². The quantitative estimate of drug-likeness (QED) is 0.553. The van der Waals surface area contributed by atoms with Gasteiger partial charge in [0.25, 0.3) is 0 Å². The zero-order valence-electron chi connectivity index (χ0n) is 14.3. The van der Waals surface area contributed by atoms with Crippen LogP contribution < -0.4 is 0 Å². The molecule has 2 N–H and O–H groups in total. The van der Waals surface area contributed by atoms with Crippen molar-refractivity contribution < 1.29 is 38.9 Å². The maximum absolute atomic E-state index is 10.4. The lowest BCUT2D eigenvalue weighted by Gasteiger charge is -1.96. The van der Waals surface area contributed by atoms with E-state index in [0.29, 0.717) is 36.5 Å². The van der Waals surface area contributed by atoms with Crippen LogP contribution in [0.4, 0.5) is 0 Å². The van der Waals surface area contributed by atoms with Gasteiger partial charge in [-0.25, -0.2) is 19.2 Å². The predicted molar refractivity (Wildman–Crippen MR) is 87.3 cm³/mol. The van der Waals surface area contributed by atoms with Gasteiger partial charge in [0.15, 0.2) is 0 Å². The molecule has 0 bridgehead atoms. The third-order valence-corrected chi connectivity index (χ3v) is 1.62. The van der Waals surface area contributed by atoms with Crippen LogP contribution in [0.2, 0.25) is 0 Å². The standard InChI is InChI=1S/2C6H10O2.C4H4O4/c2*1-4-8-6(7)5(2)3;5-3(6)1-2-4(7)8/h2*2,4H2,1,3H3;1-2H,(H,5,6)(H,7,8)/b;;2-1-. The number of esters is 2. The lowest BCUT2D eigenvalue weighted by atomic mass is 10.4. The summed E-state index contributed by atoms with van der Waals surface area (Å²) in [6.07, 6.45) is 1.12. The van der Waals surface area contributed by atoms with Crippen LogP contribution in [0.1, 0.15) is 27.7 Å². The Kier molecular flexibility index (Phi) is 17.9. The Morgan fingerprint density at radius 3 is 1.12 bits per heavy atom. The Balaban J connectivity index is -0.000000276. The summed E-state index contributed by atoms with van der Waals surface area (Å²) in [5.41, 5.74) is 0.902. The molecule has 0 saturated heterocycles. The fourth-order valence-electron chi connectivity index (χ4n) is 0.651. The molecule has 8 nitrogen and oxygen atoms in total. The highest BCUT2D eigenvalue weighted by Crippen LogP contribution is 1.90. The van der Waals surface area contributed by atoms with Gasteiger partial charge in [0.2, 0.25) is 0 Å². The molecule has 0 heterocycles. The number of carboxylic acid groups (broad SMARTS) is 2. The van der Waals surface area contributed by atoms with Crippen molar-refractivity contribution in [3.63, 3.8) is 0 Å². The summed E-state index contributed by atoms with van der Waals surface area (Å²) in [7, 11) is 0. The van der Waals surface area contributed by atoms with E-state index >= 15 is 0 Å². The van der Waals surface area contributed by atoms with Crippen molar-refractivity contribution >= 4 is 23.9 Å². The minimum atomic E-state index is -1.26. The number of carbonyl (C=O) groups excluding carboxylic acids is 2. The molecular formula is C16H24O8. The van der Waals surface area contributed by atoms with E-state index in [1.807, 2.05) is 0 Å². The van der Waals surface area contributed by atoms with E-state index < -0.39 is 11.9 Å². The molecule has 0 aromatic rings. The molecule has 136 valence electrons. The summed E-state index contributed by atoms with van der Waals surface area (Å²) in [5.74, 6) is -3.14. The fourth-order valence-corrected chi connectivity index (χ4v) is 0.651. The SMILES string of the molecule is C=C(C)C(=O)OCC.C=C(C)C(=O)OCC.O=C(O)/C=C\C(=O)O.